The Bertz CT molecular complexity index is 47.0. The Kier molecular flexibility index (Phi) is 20.4. The first-order valence-electron chi connectivity index (χ1n) is 4.21. The third kappa shape index (κ3) is 22.5. The van der Waals surface area contributed by atoms with E-state index in [2.05, 4.69) is 0 Å². The Morgan fingerprint density at radius 2 is 1.17 bits per heavy atom. The van der Waals surface area contributed by atoms with Crippen molar-refractivity contribution in [3.8, 4) is 0 Å². The second-order valence-corrected chi connectivity index (χ2v) is 2.27. The summed E-state index contributed by atoms with van der Waals surface area (Å²) in [6.07, 6.45) is 1.94. The fraction of sp³-hybridized carbons (Fsp3) is 1.00. The minimum Gasteiger partial charge on any atom is -0.385 e. The molecule has 0 aliphatic carbocycles. The van der Waals surface area contributed by atoms with E-state index in [0.717, 1.165) is 39.1 Å². The zero-order valence-electron chi connectivity index (χ0n) is 8.21. The van der Waals surface area contributed by atoms with Gasteiger partial charge in [-0.25, -0.2) is 0 Å². The number of hydrogen-bond donors (Lipinski definition) is 2. The number of ether oxygens (including phenoxy) is 2. The van der Waals surface area contributed by atoms with Crippen LogP contribution in [0.5, 0.6) is 0 Å². The van der Waals surface area contributed by atoms with Crippen molar-refractivity contribution in [3.05, 3.63) is 0 Å². The third-order valence-corrected chi connectivity index (χ3v) is 1.11. The summed E-state index contributed by atoms with van der Waals surface area (Å²) < 4.78 is 9.40. The molecule has 0 atom stereocenters. The van der Waals surface area contributed by atoms with Gasteiger partial charge in [0.2, 0.25) is 0 Å². The molecule has 0 aliphatic rings. The Morgan fingerprint density at radius 1 is 0.833 bits per heavy atom. The number of rotatable bonds is 6. The molecule has 0 aromatic heterocycles. The number of methoxy groups -OCH3 is 2. The van der Waals surface area contributed by atoms with Crippen molar-refractivity contribution >= 4 is 0 Å². The normalized spacial score (nSPS) is 9.00. The summed E-state index contributed by atoms with van der Waals surface area (Å²) >= 11 is 0. The highest BCUT2D eigenvalue weighted by atomic mass is 16.5. The quantitative estimate of drug-likeness (QED) is 0.560. The van der Waals surface area contributed by atoms with Gasteiger partial charge in [-0.1, -0.05) is 0 Å². The van der Waals surface area contributed by atoms with Crippen LogP contribution in [0.25, 0.3) is 0 Å². The SMILES string of the molecule is COCCCN.COCCCN. The van der Waals surface area contributed by atoms with E-state index < -0.39 is 0 Å². The molecule has 0 aromatic rings. The smallest absolute Gasteiger partial charge is 0.0474 e. The Morgan fingerprint density at radius 3 is 1.25 bits per heavy atom. The Hall–Kier alpha value is -0.160. The molecule has 0 radical (unpaired) electrons. The van der Waals surface area contributed by atoms with E-state index in [1.54, 1.807) is 14.2 Å². The summed E-state index contributed by atoms with van der Waals surface area (Å²) in [7, 11) is 3.35. The van der Waals surface area contributed by atoms with Gasteiger partial charge in [0.25, 0.3) is 0 Å². The fourth-order valence-corrected chi connectivity index (χ4v) is 0.455. The van der Waals surface area contributed by atoms with E-state index in [0.29, 0.717) is 0 Å². The van der Waals surface area contributed by atoms with Crippen molar-refractivity contribution in [2.45, 2.75) is 12.8 Å². The standard InChI is InChI=1S/2C4H11NO/c2*1-6-4-2-3-5/h2*2-5H2,1H3. The van der Waals surface area contributed by atoms with Crippen LogP contribution < -0.4 is 11.5 Å². The molecule has 0 saturated carbocycles. The molecule has 76 valence electrons. The zero-order chi connectivity index (χ0) is 9.66. The number of hydrogen-bond acceptors (Lipinski definition) is 4. The second kappa shape index (κ2) is 17.1. The molecule has 0 bridgehead atoms. The molecule has 0 heterocycles. The Balaban J connectivity index is 0. The highest BCUT2D eigenvalue weighted by Gasteiger charge is 1.75. The van der Waals surface area contributed by atoms with Gasteiger partial charge in [0.1, 0.15) is 0 Å². The van der Waals surface area contributed by atoms with E-state index in [9.17, 15) is 0 Å². The minimum atomic E-state index is 0.730. The molecule has 0 amide bonds. The van der Waals surface area contributed by atoms with E-state index in [1.807, 2.05) is 0 Å². The van der Waals surface area contributed by atoms with Crippen molar-refractivity contribution in [1.82, 2.24) is 0 Å². The first-order chi connectivity index (χ1) is 5.83. The van der Waals surface area contributed by atoms with Crippen LogP contribution in [0.3, 0.4) is 0 Å². The van der Waals surface area contributed by atoms with Gasteiger partial charge in [-0.05, 0) is 25.9 Å². The lowest BCUT2D eigenvalue weighted by Gasteiger charge is -1.89. The van der Waals surface area contributed by atoms with E-state index >= 15 is 0 Å². The predicted molar refractivity (Wildman–Crippen MR) is 51.1 cm³/mol. The van der Waals surface area contributed by atoms with Gasteiger partial charge in [-0.2, -0.15) is 0 Å². The fourth-order valence-electron chi connectivity index (χ4n) is 0.455. The first-order valence-corrected chi connectivity index (χ1v) is 4.21. The summed E-state index contributed by atoms with van der Waals surface area (Å²) in [6, 6.07) is 0. The maximum Gasteiger partial charge on any atom is 0.0474 e. The maximum absolute atomic E-state index is 5.13. The van der Waals surface area contributed by atoms with Crippen molar-refractivity contribution in [3.63, 3.8) is 0 Å². The van der Waals surface area contributed by atoms with Crippen LogP contribution in [-0.4, -0.2) is 40.5 Å². The van der Waals surface area contributed by atoms with Crippen LogP contribution in [-0.2, 0) is 9.47 Å². The van der Waals surface area contributed by atoms with Gasteiger partial charge < -0.3 is 20.9 Å². The van der Waals surface area contributed by atoms with Crippen LogP contribution in [0.15, 0.2) is 0 Å². The molecule has 0 aromatic carbocycles. The lowest BCUT2D eigenvalue weighted by molar-refractivity contribution is 0.197. The average molecular weight is 178 g/mol. The van der Waals surface area contributed by atoms with Gasteiger partial charge in [-0.3, -0.25) is 0 Å². The number of nitrogens with two attached hydrogens (primary N) is 2. The summed E-state index contributed by atoms with van der Waals surface area (Å²) in [5, 5.41) is 0. The van der Waals surface area contributed by atoms with Crippen LogP contribution in [0.2, 0.25) is 0 Å². The van der Waals surface area contributed by atoms with Crippen LogP contribution in [0, 0.1) is 0 Å². The molecule has 4 nitrogen and oxygen atoms in total. The van der Waals surface area contributed by atoms with Gasteiger partial charge in [0.15, 0.2) is 0 Å². The van der Waals surface area contributed by atoms with Crippen LogP contribution in [0.4, 0.5) is 0 Å². The van der Waals surface area contributed by atoms with Crippen molar-refractivity contribution < 1.29 is 9.47 Å². The van der Waals surface area contributed by atoms with Gasteiger partial charge in [0.05, 0.1) is 0 Å². The molecular formula is C8H22N2O2. The highest BCUT2D eigenvalue weighted by molar-refractivity contribution is 4.31. The monoisotopic (exact) mass is 178 g/mol. The second-order valence-electron chi connectivity index (χ2n) is 2.27. The van der Waals surface area contributed by atoms with Crippen LogP contribution >= 0.6 is 0 Å². The molecule has 4 N–H and O–H groups in total. The lowest BCUT2D eigenvalue weighted by atomic mass is 10.5. The minimum absolute atomic E-state index is 0.730. The molecule has 0 saturated heterocycles. The van der Waals surface area contributed by atoms with Crippen molar-refractivity contribution in [2.75, 3.05) is 40.5 Å². The molecule has 0 spiro atoms. The molecule has 0 fully saturated rings. The predicted octanol–water partition coefficient (Wildman–Crippen LogP) is -0.0368. The lowest BCUT2D eigenvalue weighted by Crippen LogP contribution is -2.01. The van der Waals surface area contributed by atoms with Crippen molar-refractivity contribution in [2.24, 2.45) is 11.5 Å². The van der Waals surface area contributed by atoms with E-state index in [1.165, 1.54) is 0 Å². The maximum atomic E-state index is 5.13. The molecular weight excluding hydrogens is 156 g/mol. The summed E-state index contributed by atoms with van der Waals surface area (Å²) in [4.78, 5) is 0. The molecule has 12 heavy (non-hydrogen) atoms. The molecule has 4 heteroatoms. The van der Waals surface area contributed by atoms with Gasteiger partial charge >= 0.3 is 0 Å². The molecule has 0 rings (SSSR count). The van der Waals surface area contributed by atoms with Crippen molar-refractivity contribution in [1.29, 1.82) is 0 Å². The molecule has 0 aliphatic heterocycles. The van der Waals surface area contributed by atoms with E-state index in [-0.39, 0.29) is 0 Å². The molecule has 0 unspecified atom stereocenters. The highest BCUT2D eigenvalue weighted by Crippen LogP contribution is 1.71. The summed E-state index contributed by atoms with van der Waals surface area (Å²) in [5.74, 6) is 0. The summed E-state index contributed by atoms with van der Waals surface area (Å²) in [6.45, 7) is 3.04. The zero-order valence-corrected chi connectivity index (χ0v) is 8.21. The Labute approximate surface area is 75.2 Å². The third-order valence-electron chi connectivity index (χ3n) is 1.11. The van der Waals surface area contributed by atoms with Gasteiger partial charge in [0, 0.05) is 27.4 Å². The summed E-state index contributed by atoms with van der Waals surface area (Å²) in [5.41, 5.74) is 10.3. The van der Waals surface area contributed by atoms with Crippen LogP contribution in [0.1, 0.15) is 12.8 Å². The van der Waals surface area contributed by atoms with Gasteiger partial charge in [-0.15, -0.1) is 0 Å². The first kappa shape index (κ1) is 14.4. The average Bonchev–Trinajstić information content (AvgIpc) is 2.12. The van der Waals surface area contributed by atoms with E-state index in [4.69, 9.17) is 20.9 Å². The topological polar surface area (TPSA) is 70.5 Å². The largest absolute Gasteiger partial charge is 0.385 e.